The Bertz CT molecular complexity index is 280. The zero-order valence-electron chi connectivity index (χ0n) is 16.1. The third-order valence-electron chi connectivity index (χ3n) is 4.39. The van der Waals surface area contributed by atoms with Gasteiger partial charge >= 0.3 is 164 Å². The van der Waals surface area contributed by atoms with Crippen molar-refractivity contribution in [2.45, 2.75) is 92.7 Å². The molecule has 0 saturated heterocycles. The van der Waals surface area contributed by atoms with E-state index in [1.165, 1.54) is 55.4 Å². The summed E-state index contributed by atoms with van der Waals surface area (Å²) < 4.78 is 20.2. The Morgan fingerprint density at radius 3 is 1.52 bits per heavy atom. The molecule has 0 heterocycles. The second-order valence-electron chi connectivity index (χ2n) is 6.44. The van der Waals surface area contributed by atoms with Crippen molar-refractivity contribution in [1.29, 1.82) is 0 Å². The van der Waals surface area contributed by atoms with Crippen molar-refractivity contribution in [2.24, 2.45) is 0 Å². The van der Waals surface area contributed by atoms with Gasteiger partial charge in [-0.2, -0.15) is 0 Å². The van der Waals surface area contributed by atoms with Gasteiger partial charge in [0.1, 0.15) is 0 Å². The van der Waals surface area contributed by atoms with Crippen LogP contribution in [-0.4, -0.2) is 37.9 Å². The van der Waals surface area contributed by atoms with Crippen LogP contribution in [0.5, 0.6) is 0 Å². The summed E-state index contributed by atoms with van der Waals surface area (Å²) in [6, 6.07) is 0. The maximum atomic E-state index is 5.84. The van der Waals surface area contributed by atoms with Crippen molar-refractivity contribution in [2.75, 3.05) is 13.2 Å². The van der Waals surface area contributed by atoms with Crippen LogP contribution in [0.2, 0.25) is 13.3 Å². The Labute approximate surface area is 163 Å². The van der Waals surface area contributed by atoms with Crippen molar-refractivity contribution in [3.05, 3.63) is 7.67 Å². The van der Waals surface area contributed by atoms with E-state index < -0.39 is 18.4 Å². The van der Waals surface area contributed by atoms with Gasteiger partial charge in [0.2, 0.25) is 0 Å². The van der Waals surface area contributed by atoms with Crippen molar-refractivity contribution in [3.8, 4) is 0 Å². The van der Waals surface area contributed by atoms with Crippen molar-refractivity contribution in [3.63, 3.8) is 0 Å². The van der Waals surface area contributed by atoms with Crippen LogP contribution in [-0.2, 0) is 9.47 Å². The molecule has 0 atom stereocenters. The van der Waals surface area contributed by atoms with Crippen LogP contribution in [0.1, 0.15) is 73.1 Å². The molecule has 0 bridgehead atoms. The van der Waals surface area contributed by atoms with Crippen molar-refractivity contribution < 1.29 is 9.47 Å². The van der Waals surface area contributed by atoms with Crippen LogP contribution in [0.3, 0.4) is 0 Å². The average Bonchev–Trinajstić information content (AvgIpc) is 2.55. The van der Waals surface area contributed by atoms with E-state index in [-0.39, 0.29) is 6.29 Å². The van der Waals surface area contributed by atoms with Gasteiger partial charge in [-0.05, 0) is 0 Å². The molecule has 0 aromatic carbocycles. The molecule has 0 unspecified atom stereocenters. The van der Waals surface area contributed by atoms with Gasteiger partial charge in [0.05, 0.1) is 0 Å². The first-order valence-corrected chi connectivity index (χ1v) is 18.5. The van der Waals surface area contributed by atoms with Gasteiger partial charge in [0.25, 0.3) is 0 Å². The fourth-order valence-corrected chi connectivity index (χ4v) is 22.3. The zero-order chi connectivity index (χ0) is 17.6. The van der Waals surface area contributed by atoms with E-state index in [0.717, 1.165) is 0 Å². The molecule has 0 aromatic rings. The SMILES string of the molecule is CCC[CH2][Sn](/[CH]=C(\I)C(OCC)OCC)([CH2]CCC)[CH2]CCC. The molecule has 2 nitrogen and oxygen atoms in total. The van der Waals surface area contributed by atoms with E-state index in [1.807, 2.05) is 0 Å². The van der Waals surface area contributed by atoms with E-state index >= 15 is 0 Å². The summed E-state index contributed by atoms with van der Waals surface area (Å²) in [5, 5.41) is 0. The van der Waals surface area contributed by atoms with Gasteiger partial charge in [-0.15, -0.1) is 0 Å². The number of halogens is 1. The molecule has 0 fully saturated rings. The van der Waals surface area contributed by atoms with E-state index in [0.29, 0.717) is 13.2 Å². The fraction of sp³-hybridized carbons (Fsp3) is 0.895. The molecule has 0 aliphatic heterocycles. The summed E-state index contributed by atoms with van der Waals surface area (Å²) in [5.74, 6) is 0. The summed E-state index contributed by atoms with van der Waals surface area (Å²) in [5.41, 5.74) is 0. The predicted molar refractivity (Wildman–Crippen MR) is 114 cm³/mol. The van der Waals surface area contributed by atoms with Gasteiger partial charge in [0, 0.05) is 0 Å². The number of hydrogen-bond acceptors (Lipinski definition) is 2. The molecule has 0 saturated carbocycles. The van der Waals surface area contributed by atoms with Gasteiger partial charge in [-0.25, -0.2) is 0 Å². The Balaban J connectivity index is 5.33. The van der Waals surface area contributed by atoms with Crippen LogP contribution < -0.4 is 0 Å². The third kappa shape index (κ3) is 10.7. The number of rotatable bonds is 15. The molecule has 23 heavy (non-hydrogen) atoms. The first-order valence-electron chi connectivity index (χ1n) is 9.70. The molecular weight excluding hydrogens is 506 g/mol. The molecule has 0 aliphatic carbocycles. The van der Waals surface area contributed by atoms with Crippen LogP contribution in [0.25, 0.3) is 0 Å². The van der Waals surface area contributed by atoms with Gasteiger partial charge < -0.3 is 0 Å². The van der Waals surface area contributed by atoms with Crippen LogP contribution in [0, 0.1) is 0 Å². The zero-order valence-corrected chi connectivity index (χ0v) is 21.1. The van der Waals surface area contributed by atoms with Crippen molar-refractivity contribution in [1.82, 2.24) is 0 Å². The first kappa shape index (κ1) is 24.2. The molecule has 0 amide bonds. The normalized spacial score (nSPS) is 13.1. The minimum atomic E-state index is -2.24. The van der Waals surface area contributed by atoms with Crippen LogP contribution in [0.15, 0.2) is 7.67 Å². The quantitative estimate of drug-likeness (QED) is 0.124. The summed E-state index contributed by atoms with van der Waals surface area (Å²) in [6.45, 7) is 12.5. The third-order valence-corrected chi connectivity index (χ3v) is 21.1. The molecule has 0 aliphatic rings. The number of hydrogen-bond donors (Lipinski definition) is 0. The molecule has 0 spiro atoms. The molecular formula is C19H39IO2Sn. The maximum absolute atomic E-state index is 5.84. The predicted octanol–water partition coefficient (Wildman–Crippen LogP) is 7.09. The molecule has 0 rings (SSSR count). The fourth-order valence-electron chi connectivity index (χ4n) is 3.05. The Kier molecular flexibility index (Phi) is 16.2. The summed E-state index contributed by atoms with van der Waals surface area (Å²) in [7, 11) is 0. The van der Waals surface area contributed by atoms with Gasteiger partial charge in [0.15, 0.2) is 0 Å². The Morgan fingerprint density at radius 2 is 1.22 bits per heavy atom. The number of unbranched alkanes of at least 4 members (excludes halogenated alkanes) is 3. The van der Waals surface area contributed by atoms with Crippen molar-refractivity contribution >= 4 is 41.0 Å². The molecule has 0 N–H and O–H groups in total. The average molecular weight is 545 g/mol. The first-order chi connectivity index (χ1) is 11.1. The standard InChI is InChI=1S/C7H12IO2.3C4H9.Sn/c1-4-9-7(6(3)8)10-5-2;3*1-3-4-2;/h3,7H,4-5H2,1-2H3;3*1,3-4H2,2H3;. The van der Waals surface area contributed by atoms with E-state index in [9.17, 15) is 0 Å². The van der Waals surface area contributed by atoms with Crippen LogP contribution in [0.4, 0.5) is 0 Å². The van der Waals surface area contributed by atoms with E-state index in [1.54, 1.807) is 0 Å². The summed E-state index contributed by atoms with van der Waals surface area (Å²) in [4.78, 5) is 0. The minimum absolute atomic E-state index is 0.133. The second kappa shape index (κ2) is 15.4. The summed E-state index contributed by atoms with van der Waals surface area (Å²) in [6.07, 6.45) is 8.03. The van der Waals surface area contributed by atoms with E-state index in [2.05, 4.69) is 61.3 Å². The monoisotopic (exact) mass is 546 g/mol. The molecule has 4 heteroatoms. The Hall–Kier alpha value is 1.19. The van der Waals surface area contributed by atoms with E-state index in [4.69, 9.17) is 9.47 Å². The molecule has 0 radical (unpaired) electrons. The molecule has 0 aromatic heterocycles. The van der Waals surface area contributed by atoms with Gasteiger partial charge in [-0.3, -0.25) is 0 Å². The summed E-state index contributed by atoms with van der Waals surface area (Å²) >= 11 is 0.254. The second-order valence-corrected chi connectivity index (χ2v) is 20.6. The number of ether oxygens (including phenoxy) is 2. The van der Waals surface area contributed by atoms with Gasteiger partial charge in [-0.1, -0.05) is 0 Å². The van der Waals surface area contributed by atoms with Crippen LogP contribution >= 0.6 is 22.6 Å². The molecule has 138 valence electrons. The Morgan fingerprint density at radius 1 is 0.826 bits per heavy atom. The topological polar surface area (TPSA) is 18.5 Å².